The van der Waals surface area contributed by atoms with Gasteiger partial charge in [-0.25, -0.2) is 0 Å². The van der Waals surface area contributed by atoms with Crippen LogP contribution in [-0.2, 0) is 0 Å². The minimum Gasteiger partial charge on any atom is -0.393 e. The van der Waals surface area contributed by atoms with Gasteiger partial charge in [0.1, 0.15) is 0 Å². The van der Waals surface area contributed by atoms with E-state index >= 15 is 0 Å². The minimum atomic E-state index is -0.0568. The van der Waals surface area contributed by atoms with Crippen LogP contribution < -0.4 is 0 Å². The number of likely N-dealkylation sites (tertiary alicyclic amines) is 1. The van der Waals surface area contributed by atoms with Crippen LogP contribution in [0.4, 0.5) is 0 Å². The molecule has 0 amide bonds. The van der Waals surface area contributed by atoms with E-state index in [1.54, 1.807) is 0 Å². The van der Waals surface area contributed by atoms with Crippen molar-refractivity contribution >= 4 is 0 Å². The highest BCUT2D eigenvalue weighted by molar-refractivity contribution is 4.86. The average Bonchev–Trinajstić information content (AvgIpc) is 2.49. The lowest BCUT2D eigenvalue weighted by atomic mass is 9.70. The summed E-state index contributed by atoms with van der Waals surface area (Å²) in [6.45, 7) is 10.7. The van der Waals surface area contributed by atoms with Crippen molar-refractivity contribution in [3.05, 3.63) is 0 Å². The molecule has 18 heavy (non-hydrogen) atoms. The Morgan fingerprint density at radius 3 is 2.72 bits per heavy atom. The monoisotopic (exact) mass is 253 g/mol. The zero-order chi connectivity index (χ0) is 13.2. The maximum atomic E-state index is 10.2. The van der Waals surface area contributed by atoms with Crippen molar-refractivity contribution in [1.82, 2.24) is 4.90 Å². The Morgan fingerprint density at radius 2 is 1.94 bits per heavy atom. The molecule has 106 valence electrons. The van der Waals surface area contributed by atoms with Crippen LogP contribution in [0.1, 0.15) is 59.3 Å². The van der Waals surface area contributed by atoms with E-state index in [9.17, 15) is 5.11 Å². The van der Waals surface area contributed by atoms with Gasteiger partial charge in [-0.05, 0) is 68.9 Å². The molecule has 0 aromatic rings. The molecule has 2 nitrogen and oxygen atoms in total. The number of nitrogens with zero attached hydrogens (tertiary/aromatic N) is 1. The molecule has 0 spiro atoms. The second-order valence-corrected chi connectivity index (χ2v) is 7.57. The van der Waals surface area contributed by atoms with Crippen LogP contribution in [0.15, 0.2) is 0 Å². The SMILES string of the molecule is CC1CCCN(CC2CC(C)(C)CCC2O)CC1. The third-order valence-electron chi connectivity index (χ3n) is 5.08. The molecule has 0 radical (unpaired) electrons. The van der Waals surface area contributed by atoms with Crippen molar-refractivity contribution in [2.24, 2.45) is 17.3 Å². The first-order valence-corrected chi connectivity index (χ1v) is 7.87. The zero-order valence-electron chi connectivity index (χ0n) is 12.5. The topological polar surface area (TPSA) is 23.5 Å². The van der Waals surface area contributed by atoms with E-state index in [0.29, 0.717) is 11.3 Å². The van der Waals surface area contributed by atoms with Crippen molar-refractivity contribution in [2.45, 2.75) is 65.4 Å². The molecular formula is C16H31NO. The molecule has 2 rings (SSSR count). The number of hydrogen-bond donors (Lipinski definition) is 1. The van der Waals surface area contributed by atoms with Crippen molar-refractivity contribution in [2.75, 3.05) is 19.6 Å². The number of rotatable bonds is 2. The quantitative estimate of drug-likeness (QED) is 0.816. The highest BCUT2D eigenvalue weighted by Gasteiger charge is 2.34. The van der Waals surface area contributed by atoms with Gasteiger partial charge in [-0.15, -0.1) is 0 Å². The van der Waals surface area contributed by atoms with E-state index in [0.717, 1.165) is 18.9 Å². The van der Waals surface area contributed by atoms with Gasteiger partial charge < -0.3 is 10.0 Å². The highest BCUT2D eigenvalue weighted by Crippen LogP contribution is 2.39. The molecule has 2 heteroatoms. The van der Waals surface area contributed by atoms with Gasteiger partial charge in [-0.2, -0.15) is 0 Å². The van der Waals surface area contributed by atoms with Gasteiger partial charge in [-0.3, -0.25) is 0 Å². The Morgan fingerprint density at radius 1 is 1.17 bits per heavy atom. The van der Waals surface area contributed by atoms with E-state index in [1.807, 2.05) is 0 Å². The number of aliphatic hydroxyl groups excluding tert-OH is 1. The van der Waals surface area contributed by atoms with Gasteiger partial charge in [0.15, 0.2) is 0 Å². The first-order valence-electron chi connectivity index (χ1n) is 7.87. The third kappa shape index (κ3) is 3.96. The molecule has 2 fully saturated rings. The fourth-order valence-electron chi connectivity index (χ4n) is 3.75. The summed E-state index contributed by atoms with van der Waals surface area (Å²) in [4.78, 5) is 2.61. The molecule has 3 atom stereocenters. The maximum Gasteiger partial charge on any atom is 0.0581 e. The molecule has 0 aromatic heterocycles. The summed E-state index contributed by atoms with van der Waals surface area (Å²) in [5, 5.41) is 10.2. The number of hydrogen-bond acceptors (Lipinski definition) is 2. The minimum absolute atomic E-state index is 0.0568. The molecule has 1 saturated heterocycles. The lowest BCUT2D eigenvalue weighted by molar-refractivity contribution is 0.00457. The second kappa shape index (κ2) is 5.92. The fourth-order valence-corrected chi connectivity index (χ4v) is 3.75. The summed E-state index contributed by atoms with van der Waals surface area (Å²) in [7, 11) is 0. The van der Waals surface area contributed by atoms with E-state index in [4.69, 9.17) is 0 Å². The normalized spacial score (nSPS) is 38.3. The van der Waals surface area contributed by atoms with Crippen LogP contribution in [0, 0.1) is 17.3 Å². The smallest absolute Gasteiger partial charge is 0.0581 e. The Hall–Kier alpha value is -0.0800. The molecule has 3 unspecified atom stereocenters. The Bertz CT molecular complexity index is 264. The van der Waals surface area contributed by atoms with Gasteiger partial charge in [-0.1, -0.05) is 20.8 Å². The lowest BCUT2D eigenvalue weighted by Gasteiger charge is -2.40. The van der Waals surface area contributed by atoms with Gasteiger partial charge in [0, 0.05) is 6.54 Å². The Labute approximate surface area is 113 Å². The predicted octanol–water partition coefficient (Wildman–Crippen LogP) is 3.30. The van der Waals surface area contributed by atoms with Crippen LogP contribution in [0.2, 0.25) is 0 Å². The van der Waals surface area contributed by atoms with E-state index in [1.165, 1.54) is 45.2 Å². The molecule has 1 heterocycles. The standard InChI is InChI=1S/C16H31NO/c1-13-5-4-9-17(10-7-13)12-14-11-16(2,3)8-6-15(14)18/h13-15,18H,4-12H2,1-3H3. The second-order valence-electron chi connectivity index (χ2n) is 7.57. The van der Waals surface area contributed by atoms with Crippen LogP contribution in [0.5, 0.6) is 0 Å². The van der Waals surface area contributed by atoms with E-state index < -0.39 is 0 Å². The summed E-state index contributed by atoms with van der Waals surface area (Å²) in [6, 6.07) is 0. The van der Waals surface area contributed by atoms with Gasteiger partial charge in [0.05, 0.1) is 6.10 Å². The molecule has 1 saturated carbocycles. The van der Waals surface area contributed by atoms with Gasteiger partial charge in [0.2, 0.25) is 0 Å². The molecule has 1 aliphatic heterocycles. The molecule has 1 N–H and O–H groups in total. The summed E-state index contributed by atoms with van der Waals surface area (Å²) in [6.07, 6.45) is 7.39. The van der Waals surface area contributed by atoms with Crippen molar-refractivity contribution in [3.8, 4) is 0 Å². The summed E-state index contributed by atoms with van der Waals surface area (Å²) in [5.74, 6) is 1.39. The zero-order valence-corrected chi connectivity index (χ0v) is 12.5. The van der Waals surface area contributed by atoms with E-state index in [-0.39, 0.29) is 6.10 Å². The third-order valence-corrected chi connectivity index (χ3v) is 5.08. The van der Waals surface area contributed by atoms with Crippen LogP contribution in [-0.4, -0.2) is 35.7 Å². The van der Waals surface area contributed by atoms with Gasteiger partial charge in [0.25, 0.3) is 0 Å². The van der Waals surface area contributed by atoms with Crippen LogP contribution in [0.25, 0.3) is 0 Å². The Kier molecular flexibility index (Phi) is 4.71. The molecule has 1 aliphatic carbocycles. The van der Waals surface area contributed by atoms with E-state index in [2.05, 4.69) is 25.7 Å². The summed E-state index contributed by atoms with van der Waals surface area (Å²) in [5.41, 5.74) is 0.434. The highest BCUT2D eigenvalue weighted by atomic mass is 16.3. The van der Waals surface area contributed by atoms with Crippen molar-refractivity contribution in [1.29, 1.82) is 0 Å². The first kappa shape index (κ1) is 14.3. The number of aliphatic hydroxyl groups is 1. The van der Waals surface area contributed by atoms with Crippen molar-refractivity contribution in [3.63, 3.8) is 0 Å². The van der Waals surface area contributed by atoms with Crippen molar-refractivity contribution < 1.29 is 5.11 Å². The lowest BCUT2D eigenvalue weighted by Crippen LogP contribution is -2.41. The molecule has 0 bridgehead atoms. The van der Waals surface area contributed by atoms with Gasteiger partial charge >= 0.3 is 0 Å². The molecular weight excluding hydrogens is 222 g/mol. The molecule has 2 aliphatic rings. The maximum absolute atomic E-state index is 10.2. The predicted molar refractivity (Wildman–Crippen MR) is 76.6 cm³/mol. The Balaban J connectivity index is 1.87. The fraction of sp³-hybridized carbons (Fsp3) is 1.00. The average molecular weight is 253 g/mol. The van der Waals surface area contributed by atoms with Crippen LogP contribution >= 0.6 is 0 Å². The summed E-state index contributed by atoms with van der Waals surface area (Å²) < 4.78 is 0. The largest absolute Gasteiger partial charge is 0.393 e. The molecule has 0 aromatic carbocycles. The summed E-state index contributed by atoms with van der Waals surface area (Å²) >= 11 is 0. The van der Waals surface area contributed by atoms with Crippen LogP contribution in [0.3, 0.4) is 0 Å². The first-order chi connectivity index (χ1) is 8.46.